The lowest BCUT2D eigenvalue weighted by Gasteiger charge is -2.15. The summed E-state index contributed by atoms with van der Waals surface area (Å²) in [6, 6.07) is 10.2. The Kier molecular flexibility index (Phi) is 4.74. The normalized spacial score (nSPS) is 11.9. The largest absolute Gasteiger partial charge is 0.462 e. The maximum Gasteiger partial charge on any atom is 0.343 e. The number of hydrogen-bond acceptors (Lipinski definition) is 5. The average Bonchev–Trinajstić information content (AvgIpc) is 2.81. The lowest BCUT2D eigenvalue weighted by molar-refractivity contribution is 0.0527. The van der Waals surface area contributed by atoms with Crippen LogP contribution in [0.25, 0.3) is 0 Å². The third-order valence-corrected chi connectivity index (χ3v) is 3.86. The Morgan fingerprint density at radius 1 is 1.40 bits per heavy atom. The minimum absolute atomic E-state index is 0.101. The van der Waals surface area contributed by atoms with E-state index in [4.69, 9.17) is 4.74 Å². The Hall–Kier alpha value is -1.88. The Balaban J connectivity index is 2.20. The number of rotatable bonds is 5. The third-order valence-electron chi connectivity index (χ3n) is 2.99. The fourth-order valence-corrected chi connectivity index (χ4v) is 2.80. The topological polar surface area (TPSA) is 51.2 Å². The molecule has 0 unspecified atom stereocenters. The van der Waals surface area contributed by atoms with Crippen molar-refractivity contribution < 1.29 is 9.53 Å². The van der Waals surface area contributed by atoms with E-state index in [1.807, 2.05) is 25.1 Å². The van der Waals surface area contributed by atoms with Crippen LogP contribution in [0.5, 0.6) is 0 Å². The van der Waals surface area contributed by atoms with E-state index in [1.165, 1.54) is 11.5 Å². The fourth-order valence-electron chi connectivity index (χ4n) is 1.93. The number of carbonyl (C=O) groups is 1. The summed E-state index contributed by atoms with van der Waals surface area (Å²) < 4.78 is 9.33. The molecule has 0 saturated carbocycles. The Morgan fingerprint density at radius 3 is 2.75 bits per heavy atom. The SMILES string of the molecule is CCOC(=O)c1c(C)nsc1N[C@@H](C)c1ccccc1. The van der Waals surface area contributed by atoms with Crippen molar-refractivity contribution >= 4 is 22.5 Å². The van der Waals surface area contributed by atoms with Gasteiger partial charge in [0.25, 0.3) is 0 Å². The first-order chi connectivity index (χ1) is 9.63. The van der Waals surface area contributed by atoms with Gasteiger partial charge in [0.1, 0.15) is 10.6 Å². The van der Waals surface area contributed by atoms with Crippen molar-refractivity contribution in [1.82, 2.24) is 4.37 Å². The van der Waals surface area contributed by atoms with Gasteiger partial charge in [-0.05, 0) is 37.9 Å². The second-order valence-corrected chi connectivity index (χ2v) is 5.24. The molecule has 0 aliphatic heterocycles. The quantitative estimate of drug-likeness (QED) is 0.851. The van der Waals surface area contributed by atoms with Crippen LogP contribution in [0.1, 0.15) is 41.5 Å². The Morgan fingerprint density at radius 2 is 2.10 bits per heavy atom. The number of nitrogens with one attached hydrogen (secondary N) is 1. The first-order valence-corrected chi connectivity index (χ1v) is 7.35. The summed E-state index contributed by atoms with van der Waals surface area (Å²) >= 11 is 1.29. The van der Waals surface area contributed by atoms with Gasteiger partial charge in [-0.3, -0.25) is 0 Å². The lowest BCUT2D eigenvalue weighted by atomic mass is 10.1. The van der Waals surface area contributed by atoms with Gasteiger partial charge in [0.2, 0.25) is 0 Å². The molecule has 2 rings (SSSR count). The van der Waals surface area contributed by atoms with E-state index in [0.29, 0.717) is 17.9 Å². The molecular weight excluding hydrogens is 272 g/mol. The van der Waals surface area contributed by atoms with Crippen molar-refractivity contribution in [3.05, 3.63) is 47.2 Å². The van der Waals surface area contributed by atoms with E-state index < -0.39 is 0 Å². The predicted octanol–water partition coefficient (Wildman–Crippen LogP) is 3.80. The summed E-state index contributed by atoms with van der Waals surface area (Å²) in [5.74, 6) is -0.318. The maximum absolute atomic E-state index is 12.0. The molecule has 0 bridgehead atoms. The highest BCUT2D eigenvalue weighted by atomic mass is 32.1. The molecule has 1 heterocycles. The molecule has 1 aromatic heterocycles. The van der Waals surface area contributed by atoms with Gasteiger partial charge in [-0.25, -0.2) is 4.79 Å². The molecule has 2 aromatic rings. The van der Waals surface area contributed by atoms with Crippen LogP contribution in [0.2, 0.25) is 0 Å². The zero-order chi connectivity index (χ0) is 14.5. The van der Waals surface area contributed by atoms with Crippen LogP contribution in [0.4, 0.5) is 5.00 Å². The van der Waals surface area contributed by atoms with Crippen molar-refractivity contribution in [2.75, 3.05) is 11.9 Å². The average molecular weight is 290 g/mol. The van der Waals surface area contributed by atoms with Crippen LogP contribution in [0.15, 0.2) is 30.3 Å². The highest BCUT2D eigenvalue weighted by molar-refractivity contribution is 7.10. The number of nitrogens with zero attached hydrogens (tertiary/aromatic N) is 1. The molecule has 20 heavy (non-hydrogen) atoms. The van der Waals surface area contributed by atoms with E-state index in [2.05, 4.69) is 28.7 Å². The van der Waals surface area contributed by atoms with E-state index in [-0.39, 0.29) is 12.0 Å². The summed E-state index contributed by atoms with van der Waals surface area (Å²) in [4.78, 5) is 12.0. The van der Waals surface area contributed by atoms with E-state index in [9.17, 15) is 4.79 Å². The summed E-state index contributed by atoms with van der Waals surface area (Å²) in [5, 5.41) is 4.10. The second kappa shape index (κ2) is 6.52. The molecular formula is C15H18N2O2S. The second-order valence-electron chi connectivity index (χ2n) is 4.47. The number of ether oxygens (including phenoxy) is 1. The molecule has 0 saturated heterocycles. The van der Waals surface area contributed by atoms with Crippen molar-refractivity contribution in [3.63, 3.8) is 0 Å². The zero-order valence-electron chi connectivity index (χ0n) is 11.8. The molecule has 1 atom stereocenters. The number of aromatic nitrogens is 1. The molecule has 1 N–H and O–H groups in total. The minimum Gasteiger partial charge on any atom is -0.462 e. The van der Waals surface area contributed by atoms with E-state index >= 15 is 0 Å². The lowest BCUT2D eigenvalue weighted by Crippen LogP contribution is -2.11. The standard InChI is InChI=1S/C15H18N2O2S/c1-4-19-15(18)13-11(3)17-20-14(13)16-10(2)12-8-6-5-7-9-12/h5-10,16H,4H2,1-3H3/t10-/m0/s1. The van der Waals surface area contributed by atoms with Crippen molar-refractivity contribution in [2.45, 2.75) is 26.8 Å². The van der Waals surface area contributed by atoms with Crippen molar-refractivity contribution in [3.8, 4) is 0 Å². The molecule has 0 aliphatic carbocycles. The number of hydrogen-bond donors (Lipinski definition) is 1. The summed E-state index contributed by atoms with van der Waals surface area (Å²) in [7, 11) is 0. The molecule has 0 spiro atoms. The number of benzene rings is 1. The van der Waals surface area contributed by atoms with E-state index in [1.54, 1.807) is 6.92 Å². The smallest absolute Gasteiger partial charge is 0.343 e. The molecule has 0 amide bonds. The van der Waals surface area contributed by atoms with Gasteiger partial charge >= 0.3 is 5.97 Å². The van der Waals surface area contributed by atoms with Crippen LogP contribution in [-0.4, -0.2) is 16.9 Å². The first kappa shape index (κ1) is 14.5. The molecule has 106 valence electrons. The summed E-state index contributed by atoms with van der Waals surface area (Å²) in [6.45, 7) is 6.04. The number of esters is 1. The molecule has 0 radical (unpaired) electrons. The van der Waals surface area contributed by atoms with Gasteiger partial charge in [0.05, 0.1) is 12.3 Å². The van der Waals surface area contributed by atoms with Crippen LogP contribution >= 0.6 is 11.5 Å². The predicted molar refractivity (Wildman–Crippen MR) is 81.3 cm³/mol. The van der Waals surface area contributed by atoms with Crippen LogP contribution in [-0.2, 0) is 4.74 Å². The summed E-state index contributed by atoms with van der Waals surface area (Å²) in [6.07, 6.45) is 0. The van der Waals surface area contributed by atoms with Crippen molar-refractivity contribution in [1.29, 1.82) is 0 Å². The van der Waals surface area contributed by atoms with Gasteiger partial charge < -0.3 is 10.1 Å². The van der Waals surface area contributed by atoms with Gasteiger partial charge in [0.15, 0.2) is 0 Å². The Labute approximate surface area is 123 Å². The molecule has 4 nitrogen and oxygen atoms in total. The van der Waals surface area contributed by atoms with Gasteiger partial charge in [-0.15, -0.1) is 0 Å². The maximum atomic E-state index is 12.0. The third kappa shape index (κ3) is 3.17. The zero-order valence-corrected chi connectivity index (χ0v) is 12.7. The van der Waals surface area contributed by atoms with E-state index in [0.717, 1.165) is 10.6 Å². The fraction of sp³-hybridized carbons (Fsp3) is 0.333. The van der Waals surface area contributed by atoms with Gasteiger partial charge in [-0.2, -0.15) is 4.37 Å². The van der Waals surface area contributed by atoms with Gasteiger partial charge in [-0.1, -0.05) is 30.3 Å². The van der Waals surface area contributed by atoms with Crippen molar-refractivity contribution in [2.24, 2.45) is 0 Å². The number of aryl methyl sites for hydroxylation is 1. The molecule has 1 aromatic carbocycles. The minimum atomic E-state index is -0.318. The molecule has 0 fully saturated rings. The first-order valence-electron chi connectivity index (χ1n) is 6.58. The molecule has 0 aliphatic rings. The Bertz CT molecular complexity index is 581. The monoisotopic (exact) mass is 290 g/mol. The van der Waals surface area contributed by atoms with Gasteiger partial charge in [0, 0.05) is 6.04 Å². The number of anilines is 1. The summed E-state index contributed by atoms with van der Waals surface area (Å²) in [5.41, 5.74) is 2.41. The van der Waals surface area contributed by atoms with Crippen LogP contribution in [0, 0.1) is 6.92 Å². The highest BCUT2D eigenvalue weighted by Gasteiger charge is 2.20. The highest BCUT2D eigenvalue weighted by Crippen LogP contribution is 2.29. The van der Waals surface area contributed by atoms with Crippen LogP contribution in [0.3, 0.4) is 0 Å². The van der Waals surface area contributed by atoms with Crippen LogP contribution < -0.4 is 5.32 Å². The number of carbonyl (C=O) groups excluding carboxylic acids is 1. The molecule has 5 heteroatoms.